The molecule has 0 aliphatic rings. The minimum atomic E-state index is -0.728. The van der Waals surface area contributed by atoms with Crippen molar-refractivity contribution in [2.75, 3.05) is 0 Å². The molecule has 3 aromatic rings. The van der Waals surface area contributed by atoms with E-state index in [0.717, 1.165) is 9.13 Å². The number of carbonyl (C=O) groups excluding carboxylic acids is 2. The van der Waals surface area contributed by atoms with Crippen LogP contribution in [0.4, 0.5) is 0 Å². The Morgan fingerprint density at radius 1 is 0.643 bits per heavy atom. The molecule has 0 amide bonds. The maximum atomic E-state index is 13.1. The van der Waals surface area contributed by atoms with E-state index in [1.165, 1.54) is 26.0 Å². The van der Waals surface area contributed by atoms with Crippen LogP contribution < -0.4 is 21.8 Å². The maximum absolute atomic E-state index is 13.1. The third-order valence-electron chi connectivity index (χ3n) is 4.16. The lowest BCUT2D eigenvalue weighted by atomic mass is 10.2. The van der Waals surface area contributed by atoms with E-state index in [4.69, 9.17) is 0 Å². The lowest BCUT2D eigenvalue weighted by Crippen LogP contribution is -2.60. The summed E-state index contributed by atoms with van der Waals surface area (Å²) in [7, 11) is 0. The van der Waals surface area contributed by atoms with Crippen LogP contribution in [-0.4, -0.2) is 20.9 Å². The third kappa shape index (κ3) is 3.66. The summed E-state index contributed by atoms with van der Waals surface area (Å²) in [5.74, 6) is -1.22. The largest absolute Gasteiger partial charge is 0.282 e. The first-order chi connectivity index (χ1) is 13.4. The van der Waals surface area contributed by atoms with Crippen molar-refractivity contribution < 1.29 is 9.59 Å². The molecule has 2 aromatic carbocycles. The lowest BCUT2D eigenvalue weighted by molar-refractivity contribution is 0.0901. The van der Waals surface area contributed by atoms with Gasteiger partial charge in [-0.3, -0.25) is 19.2 Å². The molecule has 0 fully saturated rings. The molecule has 1 aromatic heterocycles. The van der Waals surface area contributed by atoms with Gasteiger partial charge in [-0.05, 0) is 23.3 Å². The second-order valence-electron chi connectivity index (χ2n) is 6.20. The number of nitrogens with zero attached hydrogens (tertiary/aromatic N) is 2. The summed E-state index contributed by atoms with van der Waals surface area (Å²) in [6, 6.07) is 17.6. The number of aromatic nitrogens is 2. The number of benzene rings is 2. The van der Waals surface area contributed by atoms with Gasteiger partial charge in [0.25, 0.3) is 11.1 Å². The van der Waals surface area contributed by atoms with Gasteiger partial charge in [-0.15, -0.1) is 0 Å². The molecule has 0 aliphatic heterocycles. The van der Waals surface area contributed by atoms with Crippen LogP contribution in [-0.2, 0) is 0 Å². The molecule has 0 unspecified atom stereocenters. The van der Waals surface area contributed by atoms with Crippen molar-refractivity contribution in [1.82, 2.24) is 9.13 Å². The highest BCUT2D eigenvalue weighted by atomic mass is 16.2. The zero-order valence-corrected chi connectivity index (χ0v) is 15.5. The Morgan fingerprint density at radius 2 is 0.964 bits per heavy atom. The summed E-state index contributed by atoms with van der Waals surface area (Å²) in [6.07, 6.45) is 2.85. The average Bonchev–Trinajstić information content (AvgIpc) is 2.67. The van der Waals surface area contributed by atoms with E-state index in [-0.39, 0.29) is 10.7 Å². The summed E-state index contributed by atoms with van der Waals surface area (Å²) in [4.78, 5) is 50.6. The van der Waals surface area contributed by atoms with E-state index in [1.807, 2.05) is 0 Å². The second kappa shape index (κ2) is 7.84. The molecule has 0 radical (unpaired) electrons. The fourth-order valence-electron chi connectivity index (χ4n) is 2.93. The van der Waals surface area contributed by atoms with Crippen molar-refractivity contribution in [2.24, 2.45) is 0 Å². The van der Waals surface area contributed by atoms with Gasteiger partial charge in [0.2, 0.25) is 11.8 Å². The molecule has 140 valence electrons. The van der Waals surface area contributed by atoms with E-state index < -0.39 is 22.9 Å². The molecule has 0 aliphatic carbocycles. The topological polar surface area (TPSA) is 78.1 Å². The van der Waals surface area contributed by atoms with Crippen LogP contribution in [0.25, 0.3) is 12.2 Å². The number of hydrogen-bond acceptors (Lipinski definition) is 4. The van der Waals surface area contributed by atoms with Gasteiger partial charge in [0.15, 0.2) is 0 Å². The van der Waals surface area contributed by atoms with Gasteiger partial charge in [0.05, 0.1) is 0 Å². The van der Waals surface area contributed by atoms with Crippen LogP contribution in [0.5, 0.6) is 0 Å². The Kier molecular flexibility index (Phi) is 5.31. The van der Waals surface area contributed by atoms with Crippen molar-refractivity contribution in [2.45, 2.75) is 13.8 Å². The zero-order valence-electron chi connectivity index (χ0n) is 15.5. The van der Waals surface area contributed by atoms with Crippen LogP contribution >= 0.6 is 0 Å². The first-order valence-corrected chi connectivity index (χ1v) is 8.63. The highest BCUT2D eigenvalue weighted by molar-refractivity contribution is 5.79. The van der Waals surface area contributed by atoms with Crippen LogP contribution in [0.15, 0.2) is 70.3 Å². The predicted molar refractivity (Wildman–Crippen MR) is 107 cm³/mol. The summed E-state index contributed by atoms with van der Waals surface area (Å²) in [6.45, 7) is 2.40. The normalized spacial score (nSPS) is 12.2. The molecule has 0 saturated carbocycles. The quantitative estimate of drug-likeness (QED) is 0.670. The van der Waals surface area contributed by atoms with E-state index in [0.29, 0.717) is 11.1 Å². The zero-order chi connectivity index (χ0) is 20.3. The fourth-order valence-corrected chi connectivity index (χ4v) is 2.93. The summed E-state index contributed by atoms with van der Waals surface area (Å²) >= 11 is 0. The fraction of sp³-hybridized carbons (Fsp3) is 0.0909. The maximum Gasteiger partial charge on any atom is 0.282 e. The van der Waals surface area contributed by atoms with Crippen molar-refractivity contribution >= 4 is 24.0 Å². The molecule has 0 N–H and O–H groups in total. The summed E-state index contributed by atoms with van der Waals surface area (Å²) in [5, 5.41) is -0.326. The standard InChI is InChI=1S/C22H18N2O4/c1-15(25)23-19(13-17-9-5-3-6-10-17)22(28)24(16(2)26)20(21(23)27)14-18-11-7-4-8-12-18/h3-14H,1-2H3. The van der Waals surface area contributed by atoms with Crippen LogP contribution in [0.3, 0.4) is 0 Å². The van der Waals surface area contributed by atoms with E-state index >= 15 is 0 Å². The van der Waals surface area contributed by atoms with E-state index in [9.17, 15) is 19.2 Å². The molecule has 0 bridgehead atoms. The predicted octanol–water partition coefficient (Wildman–Crippen LogP) is 0.988. The van der Waals surface area contributed by atoms with Crippen LogP contribution in [0.2, 0.25) is 0 Å². The Balaban J connectivity index is 2.53. The number of rotatable bonds is 2. The molecular weight excluding hydrogens is 356 g/mol. The lowest BCUT2D eigenvalue weighted by Gasteiger charge is -2.08. The monoisotopic (exact) mass is 374 g/mol. The highest BCUT2D eigenvalue weighted by Gasteiger charge is 2.15. The Hall–Kier alpha value is -3.80. The van der Waals surface area contributed by atoms with Crippen molar-refractivity contribution in [1.29, 1.82) is 0 Å². The molecule has 1 heterocycles. The van der Waals surface area contributed by atoms with Crippen LogP contribution in [0.1, 0.15) is 34.6 Å². The minimum Gasteiger partial charge on any atom is -0.274 e. The van der Waals surface area contributed by atoms with Gasteiger partial charge in [-0.1, -0.05) is 60.7 Å². The average molecular weight is 374 g/mol. The third-order valence-corrected chi connectivity index (χ3v) is 4.16. The highest BCUT2D eigenvalue weighted by Crippen LogP contribution is 1.99. The Labute approximate surface area is 160 Å². The molecular formula is C22H18N2O4. The van der Waals surface area contributed by atoms with Crippen LogP contribution in [0, 0.1) is 0 Å². The van der Waals surface area contributed by atoms with Gasteiger partial charge in [0.1, 0.15) is 10.7 Å². The van der Waals surface area contributed by atoms with Gasteiger partial charge in [-0.2, -0.15) is 0 Å². The number of hydrogen-bond donors (Lipinski definition) is 0. The number of carbonyl (C=O) groups is 2. The summed E-state index contributed by atoms with van der Waals surface area (Å²) in [5.41, 5.74) is -0.200. The van der Waals surface area contributed by atoms with Gasteiger partial charge >= 0.3 is 0 Å². The second-order valence-corrected chi connectivity index (χ2v) is 6.20. The summed E-state index contributed by atoms with van der Waals surface area (Å²) < 4.78 is 1.62. The molecule has 0 spiro atoms. The molecule has 3 rings (SSSR count). The first-order valence-electron chi connectivity index (χ1n) is 8.63. The van der Waals surface area contributed by atoms with Gasteiger partial charge < -0.3 is 0 Å². The molecule has 6 nitrogen and oxygen atoms in total. The molecule has 6 heteroatoms. The van der Waals surface area contributed by atoms with Gasteiger partial charge in [0, 0.05) is 13.8 Å². The van der Waals surface area contributed by atoms with Crippen molar-refractivity contribution in [3.05, 3.63) is 103 Å². The molecule has 28 heavy (non-hydrogen) atoms. The van der Waals surface area contributed by atoms with E-state index in [1.54, 1.807) is 60.7 Å². The SMILES string of the molecule is CC(=O)n1c(=O)c(=Cc2ccccc2)n(C(C)=O)c(=O)c1=Cc1ccccc1. The van der Waals surface area contributed by atoms with Crippen molar-refractivity contribution in [3.63, 3.8) is 0 Å². The molecule has 0 saturated heterocycles. The van der Waals surface area contributed by atoms with E-state index in [2.05, 4.69) is 0 Å². The minimum absolute atomic E-state index is 0.163. The van der Waals surface area contributed by atoms with Crippen molar-refractivity contribution in [3.8, 4) is 0 Å². The Morgan fingerprint density at radius 3 is 1.25 bits per heavy atom. The molecule has 0 atom stereocenters. The first kappa shape index (κ1) is 19.0. The van der Waals surface area contributed by atoms with Gasteiger partial charge in [-0.25, -0.2) is 9.13 Å². The smallest absolute Gasteiger partial charge is 0.274 e. The Bertz CT molecular complexity index is 1180.